The number of aliphatic hydroxyl groups excluding tert-OH is 1. The summed E-state index contributed by atoms with van der Waals surface area (Å²) in [5.74, 6) is -0.114. The maximum absolute atomic E-state index is 11.8. The van der Waals surface area contributed by atoms with Crippen LogP contribution in [0.5, 0.6) is 11.5 Å². The van der Waals surface area contributed by atoms with Gasteiger partial charge in [-0.1, -0.05) is 72.8 Å². The molecule has 5 heteroatoms. The van der Waals surface area contributed by atoms with Crippen molar-refractivity contribution >= 4 is 5.97 Å². The maximum Gasteiger partial charge on any atom is 0.339 e. The van der Waals surface area contributed by atoms with Crippen LogP contribution in [-0.2, 0) is 12.8 Å². The van der Waals surface area contributed by atoms with Gasteiger partial charge in [0.1, 0.15) is 17.1 Å². The highest BCUT2D eigenvalue weighted by Crippen LogP contribution is 2.33. The van der Waals surface area contributed by atoms with Gasteiger partial charge in [-0.25, -0.2) is 4.79 Å². The number of ether oxygens (including phenoxy) is 1. The summed E-state index contributed by atoms with van der Waals surface area (Å²) >= 11 is 0. The minimum atomic E-state index is -1.02. The van der Waals surface area contributed by atoms with Gasteiger partial charge in [-0.15, -0.1) is 0 Å². The highest BCUT2D eigenvalue weighted by molar-refractivity contribution is 5.92. The quantitative estimate of drug-likeness (QED) is 0.288. The van der Waals surface area contributed by atoms with Gasteiger partial charge in [-0.3, -0.25) is 0 Å². The smallest absolute Gasteiger partial charge is 0.339 e. The first-order valence-corrected chi connectivity index (χ1v) is 12.3. The van der Waals surface area contributed by atoms with Crippen molar-refractivity contribution in [1.82, 2.24) is 5.32 Å². The highest BCUT2D eigenvalue weighted by Gasteiger charge is 2.21. The Morgan fingerprint density at radius 1 is 0.889 bits per heavy atom. The second-order valence-electron chi connectivity index (χ2n) is 9.19. The zero-order chi connectivity index (χ0) is 24.9. The van der Waals surface area contributed by atoms with Crippen molar-refractivity contribution in [2.45, 2.75) is 31.4 Å². The average molecular weight is 480 g/mol. The number of hydrogen-bond acceptors (Lipinski definition) is 4. The number of aryl methyl sites for hydroxylation is 1. The Kier molecular flexibility index (Phi) is 7.12. The molecule has 1 aliphatic carbocycles. The van der Waals surface area contributed by atoms with Crippen LogP contribution < -0.4 is 10.1 Å². The first-order chi connectivity index (χ1) is 17.6. The summed E-state index contributed by atoms with van der Waals surface area (Å²) in [7, 11) is 0. The number of carboxylic acids is 1. The molecule has 4 aromatic rings. The van der Waals surface area contributed by atoms with Gasteiger partial charge in [-0.2, -0.15) is 0 Å². The Morgan fingerprint density at radius 2 is 1.58 bits per heavy atom. The van der Waals surface area contributed by atoms with Crippen molar-refractivity contribution in [3.05, 3.63) is 119 Å². The number of carboxylic acid groups (broad SMARTS) is 1. The second kappa shape index (κ2) is 10.8. The van der Waals surface area contributed by atoms with Gasteiger partial charge < -0.3 is 20.3 Å². The van der Waals surface area contributed by atoms with E-state index in [1.807, 2.05) is 54.6 Å². The van der Waals surface area contributed by atoms with Gasteiger partial charge >= 0.3 is 5.97 Å². The van der Waals surface area contributed by atoms with Crippen LogP contribution in [0.4, 0.5) is 0 Å². The second-order valence-corrected chi connectivity index (χ2v) is 9.19. The van der Waals surface area contributed by atoms with Crippen molar-refractivity contribution in [1.29, 1.82) is 0 Å². The summed E-state index contributed by atoms with van der Waals surface area (Å²) in [6.45, 7) is 0.514. The number of benzene rings is 4. The molecule has 182 valence electrons. The molecule has 0 heterocycles. The van der Waals surface area contributed by atoms with E-state index in [4.69, 9.17) is 4.74 Å². The summed E-state index contributed by atoms with van der Waals surface area (Å²) in [5, 5.41) is 23.7. The van der Waals surface area contributed by atoms with Crippen molar-refractivity contribution in [2.24, 2.45) is 0 Å². The van der Waals surface area contributed by atoms with Gasteiger partial charge in [0.15, 0.2) is 0 Å². The molecule has 0 fully saturated rings. The number of fused-ring (bicyclic) bond motifs is 1. The van der Waals surface area contributed by atoms with Crippen LogP contribution in [0.3, 0.4) is 0 Å². The molecule has 0 spiro atoms. The Hall–Kier alpha value is -3.93. The van der Waals surface area contributed by atoms with Gasteiger partial charge in [0.2, 0.25) is 0 Å². The lowest BCUT2D eigenvalue weighted by Gasteiger charge is -2.27. The van der Waals surface area contributed by atoms with E-state index in [2.05, 4.69) is 23.5 Å². The molecule has 0 radical (unpaired) electrons. The molecule has 4 aromatic carbocycles. The summed E-state index contributed by atoms with van der Waals surface area (Å²) in [6, 6.07) is 30.9. The van der Waals surface area contributed by atoms with E-state index in [0.717, 1.165) is 36.0 Å². The van der Waals surface area contributed by atoms with E-state index in [9.17, 15) is 15.0 Å². The lowest BCUT2D eigenvalue weighted by atomic mass is 9.86. The molecule has 0 bridgehead atoms. The molecular weight excluding hydrogens is 450 g/mol. The van der Waals surface area contributed by atoms with Crippen molar-refractivity contribution in [3.8, 4) is 22.6 Å². The standard InChI is InChI=1S/C31H29NO4/c33-29(22-7-3-1-4-8-22)20-32-26-15-13-21-11-12-23(17-25(21)18-26)24-14-16-28(31(34)35)30(19-24)36-27-9-5-2-6-10-27/h1-12,14,16-17,19,26,29,32-33H,13,15,18,20H2,(H,34,35)/t26-,29+/m0/s1. The Morgan fingerprint density at radius 3 is 2.33 bits per heavy atom. The molecule has 0 amide bonds. The van der Waals surface area contributed by atoms with Crippen LogP contribution in [0.25, 0.3) is 11.1 Å². The molecule has 1 aliphatic rings. The van der Waals surface area contributed by atoms with E-state index in [-0.39, 0.29) is 11.6 Å². The molecular formula is C31H29NO4. The fourth-order valence-electron chi connectivity index (χ4n) is 4.76. The third kappa shape index (κ3) is 5.48. The van der Waals surface area contributed by atoms with Gasteiger partial charge in [0.25, 0.3) is 0 Å². The molecule has 0 aromatic heterocycles. The lowest BCUT2D eigenvalue weighted by Crippen LogP contribution is -2.37. The van der Waals surface area contributed by atoms with Crippen LogP contribution >= 0.6 is 0 Å². The zero-order valence-electron chi connectivity index (χ0n) is 19.9. The minimum absolute atomic E-state index is 0.127. The van der Waals surface area contributed by atoms with Crippen LogP contribution in [0.15, 0.2) is 97.1 Å². The van der Waals surface area contributed by atoms with E-state index in [0.29, 0.717) is 18.0 Å². The third-order valence-electron chi connectivity index (χ3n) is 6.74. The predicted octanol–water partition coefficient (Wildman–Crippen LogP) is 6.02. The van der Waals surface area contributed by atoms with Crippen molar-refractivity contribution < 1.29 is 19.7 Å². The Labute approximate surface area is 211 Å². The van der Waals surface area contributed by atoms with E-state index in [1.165, 1.54) is 11.1 Å². The van der Waals surface area contributed by atoms with Crippen molar-refractivity contribution in [2.75, 3.05) is 6.54 Å². The van der Waals surface area contributed by atoms with Crippen LogP contribution in [0.2, 0.25) is 0 Å². The number of aromatic carboxylic acids is 1. The molecule has 36 heavy (non-hydrogen) atoms. The summed E-state index contributed by atoms with van der Waals surface area (Å²) < 4.78 is 5.94. The molecule has 5 rings (SSSR count). The first kappa shape index (κ1) is 23.8. The van der Waals surface area contributed by atoms with Gasteiger partial charge in [0, 0.05) is 12.6 Å². The monoisotopic (exact) mass is 479 g/mol. The number of carbonyl (C=O) groups is 1. The average Bonchev–Trinajstić information content (AvgIpc) is 2.92. The van der Waals surface area contributed by atoms with Crippen LogP contribution in [0, 0.1) is 0 Å². The van der Waals surface area contributed by atoms with Gasteiger partial charge in [0.05, 0.1) is 6.10 Å². The summed E-state index contributed by atoms with van der Waals surface area (Å²) in [5.41, 5.74) is 5.59. The number of para-hydroxylation sites is 1. The first-order valence-electron chi connectivity index (χ1n) is 12.3. The molecule has 0 aliphatic heterocycles. The molecule has 5 nitrogen and oxygen atoms in total. The molecule has 3 N–H and O–H groups in total. The van der Waals surface area contributed by atoms with Crippen LogP contribution in [0.1, 0.15) is 39.6 Å². The highest BCUT2D eigenvalue weighted by atomic mass is 16.5. The van der Waals surface area contributed by atoms with E-state index in [1.54, 1.807) is 24.3 Å². The topological polar surface area (TPSA) is 78.8 Å². The van der Waals surface area contributed by atoms with E-state index >= 15 is 0 Å². The maximum atomic E-state index is 11.8. The minimum Gasteiger partial charge on any atom is -0.478 e. The zero-order valence-corrected chi connectivity index (χ0v) is 19.9. The third-order valence-corrected chi connectivity index (χ3v) is 6.74. The molecule has 2 atom stereocenters. The summed E-state index contributed by atoms with van der Waals surface area (Å²) in [6.07, 6.45) is 2.35. The Balaban J connectivity index is 1.33. The van der Waals surface area contributed by atoms with Crippen LogP contribution in [-0.4, -0.2) is 28.8 Å². The largest absolute Gasteiger partial charge is 0.478 e. The number of hydrogen-bond donors (Lipinski definition) is 3. The molecule has 0 unspecified atom stereocenters. The van der Waals surface area contributed by atoms with Crippen molar-refractivity contribution in [3.63, 3.8) is 0 Å². The fourth-order valence-corrected chi connectivity index (χ4v) is 4.76. The number of aliphatic hydroxyl groups is 1. The lowest BCUT2D eigenvalue weighted by molar-refractivity contribution is 0.0694. The molecule has 0 saturated heterocycles. The number of nitrogens with one attached hydrogen (secondary N) is 1. The van der Waals surface area contributed by atoms with E-state index < -0.39 is 12.1 Å². The summed E-state index contributed by atoms with van der Waals surface area (Å²) in [4.78, 5) is 11.8. The molecule has 0 saturated carbocycles. The Bertz CT molecular complexity index is 1340. The predicted molar refractivity (Wildman–Crippen MR) is 141 cm³/mol. The van der Waals surface area contributed by atoms with Gasteiger partial charge in [-0.05, 0) is 71.3 Å². The number of rotatable bonds is 8. The SMILES string of the molecule is O=C(O)c1ccc(-c2ccc3c(c2)C[C@@H](NC[C@@H](O)c2ccccc2)CC3)cc1Oc1ccccc1. The fraction of sp³-hybridized carbons (Fsp3) is 0.194. The normalized spacial score (nSPS) is 15.6.